The summed E-state index contributed by atoms with van der Waals surface area (Å²) in [6, 6.07) is 0.898. The molecule has 1 rings (SSSR count). The first-order valence-electron chi connectivity index (χ1n) is 6.80. The minimum absolute atomic E-state index is 0.508. The van der Waals surface area contributed by atoms with Crippen molar-refractivity contribution in [2.24, 2.45) is 0 Å². The van der Waals surface area contributed by atoms with Crippen molar-refractivity contribution in [1.82, 2.24) is 0 Å². The Morgan fingerprint density at radius 1 is 0.850 bits per heavy atom. The molecule has 0 aliphatic carbocycles. The molecular formula is C16H26OSi3. The van der Waals surface area contributed by atoms with Crippen molar-refractivity contribution >= 4 is 22.5 Å². The Morgan fingerprint density at radius 2 is 1.30 bits per heavy atom. The van der Waals surface area contributed by atoms with Crippen molar-refractivity contribution in [2.75, 3.05) is 0 Å². The topological polar surface area (TPSA) is 9.23 Å². The van der Waals surface area contributed by atoms with E-state index in [2.05, 4.69) is 64.0 Å². The summed E-state index contributed by atoms with van der Waals surface area (Å²) in [5.74, 6) is 0. The van der Waals surface area contributed by atoms with Crippen LogP contribution < -0.4 is 0 Å². The normalized spacial score (nSPS) is 24.9. The van der Waals surface area contributed by atoms with Crippen LogP contribution in [0.3, 0.4) is 0 Å². The van der Waals surface area contributed by atoms with E-state index >= 15 is 0 Å². The van der Waals surface area contributed by atoms with Crippen molar-refractivity contribution in [3.8, 4) is 0 Å². The Hall–Kier alpha value is -0.949. The fourth-order valence-electron chi connectivity index (χ4n) is 3.25. The Kier molecular flexibility index (Phi) is 4.65. The minimum atomic E-state index is -2.27. The second-order valence-electron chi connectivity index (χ2n) is 5.92. The highest BCUT2D eigenvalue weighted by atomic mass is 29.6. The highest BCUT2D eigenvalue weighted by Crippen LogP contribution is 2.46. The van der Waals surface area contributed by atoms with Crippen LogP contribution in [0.15, 0.2) is 74.4 Å². The number of hydrogen-bond donors (Lipinski definition) is 0. The molecule has 0 aromatic carbocycles. The lowest BCUT2D eigenvalue weighted by atomic mass is 10.1. The van der Waals surface area contributed by atoms with Crippen LogP contribution in [0.2, 0.25) is 19.1 Å². The van der Waals surface area contributed by atoms with E-state index in [1.807, 2.05) is 23.6 Å². The van der Waals surface area contributed by atoms with Gasteiger partial charge < -0.3 is 4.43 Å². The van der Waals surface area contributed by atoms with Crippen molar-refractivity contribution in [1.29, 1.82) is 0 Å². The molecule has 1 fully saturated rings. The van der Waals surface area contributed by atoms with Gasteiger partial charge >= 0.3 is 0 Å². The lowest BCUT2D eigenvalue weighted by Gasteiger charge is -2.58. The SMILES string of the molecule is C=CC1(C=C)C[Si](C=C)(C=C)[Si](C)(C)[Si](C=C)(C=C)O1. The fourth-order valence-corrected chi connectivity index (χ4v) is 33.1. The molecule has 1 aliphatic heterocycles. The molecule has 0 aromatic heterocycles. The molecular weight excluding hydrogens is 292 g/mol. The van der Waals surface area contributed by atoms with Gasteiger partial charge in [0.1, 0.15) is 0 Å². The smallest absolute Gasteiger partial charge is 0.224 e. The van der Waals surface area contributed by atoms with Gasteiger partial charge in [-0.1, -0.05) is 61.2 Å². The van der Waals surface area contributed by atoms with Crippen LogP contribution in [0.25, 0.3) is 0 Å². The molecule has 0 N–H and O–H groups in total. The van der Waals surface area contributed by atoms with Crippen molar-refractivity contribution in [3.63, 3.8) is 0 Å². The van der Waals surface area contributed by atoms with Gasteiger partial charge in [-0.15, -0.1) is 26.3 Å². The molecule has 0 unspecified atom stereocenters. The van der Waals surface area contributed by atoms with Gasteiger partial charge in [0.25, 0.3) is 0 Å². The number of rotatable bonds is 6. The molecule has 1 aliphatic rings. The third-order valence-corrected chi connectivity index (χ3v) is 37.7. The van der Waals surface area contributed by atoms with E-state index in [-0.39, 0.29) is 0 Å². The first-order valence-corrected chi connectivity index (χ1v) is 16.2. The lowest BCUT2D eigenvalue weighted by Crippen LogP contribution is -2.80. The molecule has 1 saturated heterocycles. The maximum Gasteiger partial charge on any atom is 0.224 e. The average Bonchev–Trinajstić information content (AvgIpc) is 2.48. The van der Waals surface area contributed by atoms with E-state index < -0.39 is 28.1 Å². The summed E-state index contributed by atoms with van der Waals surface area (Å²) < 4.78 is 6.60. The van der Waals surface area contributed by atoms with Gasteiger partial charge in [-0.25, -0.2) is 0 Å². The molecule has 0 saturated carbocycles. The molecule has 0 spiro atoms. The molecule has 0 radical (unpaired) electrons. The van der Waals surface area contributed by atoms with E-state index in [0.717, 1.165) is 6.04 Å². The summed E-state index contributed by atoms with van der Waals surface area (Å²) in [6.45, 7) is 29.2. The summed E-state index contributed by atoms with van der Waals surface area (Å²) in [6.07, 6.45) is 3.74. The van der Waals surface area contributed by atoms with Crippen LogP contribution in [0.1, 0.15) is 0 Å². The molecule has 20 heavy (non-hydrogen) atoms. The summed E-state index contributed by atoms with van der Waals surface area (Å²) in [5.41, 5.74) is 7.89. The molecule has 1 nitrogen and oxygen atoms in total. The quantitative estimate of drug-likeness (QED) is 0.524. The fraction of sp³-hybridized carbons (Fsp3) is 0.250. The molecule has 0 bridgehead atoms. The zero-order valence-electron chi connectivity index (χ0n) is 12.8. The van der Waals surface area contributed by atoms with Crippen LogP contribution in [-0.2, 0) is 4.43 Å². The molecule has 0 amide bonds. The predicted molar refractivity (Wildman–Crippen MR) is 98.8 cm³/mol. The summed E-state index contributed by atoms with van der Waals surface area (Å²) in [7, 11) is -5.95. The Labute approximate surface area is 126 Å². The Balaban J connectivity index is 3.70. The first kappa shape index (κ1) is 17.1. The average molecular weight is 319 g/mol. The second-order valence-corrected chi connectivity index (χ2v) is 29.2. The maximum atomic E-state index is 6.60. The third-order valence-electron chi connectivity index (χ3n) is 5.09. The summed E-state index contributed by atoms with van der Waals surface area (Å²) in [5, 5.41) is 0. The number of hydrogen-bond acceptors (Lipinski definition) is 1. The van der Waals surface area contributed by atoms with Gasteiger partial charge in [0.05, 0.1) is 20.3 Å². The molecule has 0 aromatic rings. The van der Waals surface area contributed by atoms with Crippen LogP contribution in [0.4, 0.5) is 0 Å². The van der Waals surface area contributed by atoms with Crippen molar-refractivity contribution in [2.45, 2.75) is 24.7 Å². The van der Waals surface area contributed by atoms with Gasteiger partial charge in [-0.3, -0.25) is 0 Å². The highest BCUT2D eigenvalue weighted by Gasteiger charge is 2.65. The molecule has 4 heteroatoms. The monoisotopic (exact) mass is 318 g/mol. The van der Waals surface area contributed by atoms with Crippen LogP contribution in [0, 0.1) is 0 Å². The van der Waals surface area contributed by atoms with Gasteiger partial charge in [0.2, 0.25) is 7.83 Å². The van der Waals surface area contributed by atoms with Gasteiger partial charge in [-0.2, -0.15) is 0 Å². The molecule has 0 atom stereocenters. The van der Waals surface area contributed by atoms with Gasteiger partial charge in [0.15, 0.2) is 0 Å². The largest absolute Gasteiger partial charge is 0.400 e. The first-order chi connectivity index (χ1) is 9.28. The van der Waals surface area contributed by atoms with Crippen LogP contribution in [0.5, 0.6) is 0 Å². The summed E-state index contributed by atoms with van der Waals surface area (Å²) >= 11 is 0. The standard InChI is InChI=1S/C16H26OSi3/c1-9-16(10-2)15-19(11-3,12-4)18(7,8)20(13-5,14-6)17-16/h9-14H,1-6,15H2,7-8H3. The summed E-state index contributed by atoms with van der Waals surface area (Å²) in [4.78, 5) is 0. The van der Waals surface area contributed by atoms with E-state index in [0.29, 0.717) is 0 Å². The highest BCUT2D eigenvalue weighted by molar-refractivity contribution is 7.72. The maximum absolute atomic E-state index is 6.60. The molecule has 108 valence electrons. The van der Waals surface area contributed by atoms with Gasteiger partial charge in [-0.05, 0) is 6.04 Å². The van der Waals surface area contributed by atoms with E-state index in [1.165, 1.54) is 0 Å². The van der Waals surface area contributed by atoms with Crippen LogP contribution >= 0.6 is 0 Å². The molecule has 1 heterocycles. The minimum Gasteiger partial charge on any atom is -0.400 e. The third kappa shape index (κ3) is 1.98. The van der Waals surface area contributed by atoms with E-state index in [4.69, 9.17) is 4.43 Å². The van der Waals surface area contributed by atoms with Gasteiger partial charge in [0, 0.05) is 0 Å². The lowest BCUT2D eigenvalue weighted by molar-refractivity contribution is 0.190. The van der Waals surface area contributed by atoms with E-state index in [9.17, 15) is 0 Å². The zero-order valence-corrected chi connectivity index (χ0v) is 15.8. The van der Waals surface area contributed by atoms with Crippen LogP contribution in [-0.4, -0.2) is 28.1 Å². The van der Waals surface area contributed by atoms with Crippen molar-refractivity contribution in [3.05, 3.63) is 74.4 Å². The Morgan fingerprint density at radius 3 is 1.60 bits per heavy atom. The van der Waals surface area contributed by atoms with E-state index in [1.54, 1.807) is 0 Å². The van der Waals surface area contributed by atoms with Crippen molar-refractivity contribution < 1.29 is 4.43 Å². The zero-order chi connectivity index (χ0) is 15.7. The predicted octanol–water partition coefficient (Wildman–Crippen LogP) is 4.29. The second kappa shape index (κ2) is 5.44. The Bertz CT molecular complexity index is 418.